The van der Waals surface area contributed by atoms with Gasteiger partial charge in [-0.25, -0.2) is 0 Å². The number of fused-ring (bicyclic) bond motifs is 1. The van der Waals surface area contributed by atoms with E-state index in [9.17, 15) is 5.21 Å². The molecule has 0 radical (unpaired) electrons. The molecule has 0 aliphatic carbocycles. The maximum atomic E-state index is 12.9. The van der Waals surface area contributed by atoms with Gasteiger partial charge in [0.05, 0.1) is 5.56 Å². The third kappa shape index (κ3) is 2.34. The molecule has 3 aromatic carbocycles. The number of pyridine rings is 1. The minimum absolute atomic E-state index is 0.663. The standard InChI is InChI=1S/C21H15NO/c23-22-20(17-9-2-1-3-10-17)14-7-15-21(22)19-13-6-11-16-8-4-5-12-18(16)19/h1-15H. The molecule has 0 aliphatic heterocycles. The zero-order valence-electron chi connectivity index (χ0n) is 12.5. The second-order valence-electron chi connectivity index (χ2n) is 5.48. The molecule has 0 bridgehead atoms. The largest absolute Gasteiger partial charge is 0.618 e. The molecule has 0 fully saturated rings. The van der Waals surface area contributed by atoms with Crippen LogP contribution in [0.2, 0.25) is 0 Å². The number of nitrogens with zero attached hydrogens (tertiary/aromatic N) is 1. The maximum Gasteiger partial charge on any atom is 0.224 e. The van der Waals surface area contributed by atoms with Gasteiger partial charge in [0, 0.05) is 17.7 Å². The summed E-state index contributed by atoms with van der Waals surface area (Å²) in [5.41, 5.74) is 3.21. The molecule has 2 nitrogen and oxygen atoms in total. The molecule has 0 atom stereocenters. The van der Waals surface area contributed by atoms with Gasteiger partial charge in [-0.2, -0.15) is 4.73 Å². The molecule has 23 heavy (non-hydrogen) atoms. The quantitative estimate of drug-likeness (QED) is 0.385. The Morgan fingerprint density at radius 2 is 1.22 bits per heavy atom. The van der Waals surface area contributed by atoms with Crippen LogP contribution in [-0.2, 0) is 0 Å². The van der Waals surface area contributed by atoms with E-state index < -0.39 is 0 Å². The molecule has 2 heteroatoms. The van der Waals surface area contributed by atoms with Crippen molar-refractivity contribution in [3.63, 3.8) is 0 Å². The predicted molar refractivity (Wildman–Crippen MR) is 93.8 cm³/mol. The molecule has 0 aliphatic rings. The van der Waals surface area contributed by atoms with Gasteiger partial charge in [-0.05, 0) is 35.0 Å². The monoisotopic (exact) mass is 297 g/mol. The summed E-state index contributed by atoms with van der Waals surface area (Å²) in [5, 5.41) is 15.2. The van der Waals surface area contributed by atoms with Gasteiger partial charge in [-0.1, -0.05) is 54.6 Å². The molecule has 0 spiro atoms. The van der Waals surface area contributed by atoms with Crippen molar-refractivity contribution >= 4 is 10.8 Å². The Bertz CT molecular complexity index is 972. The Morgan fingerprint density at radius 3 is 2.09 bits per heavy atom. The van der Waals surface area contributed by atoms with E-state index in [1.54, 1.807) is 0 Å². The van der Waals surface area contributed by atoms with Gasteiger partial charge in [0.1, 0.15) is 0 Å². The molecule has 1 heterocycles. The van der Waals surface area contributed by atoms with Gasteiger partial charge in [0.15, 0.2) is 0 Å². The van der Waals surface area contributed by atoms with Crippen LogP contribution < -0.4 is 4.73 Å². The second kappa shape index (κ2) is 5.58. The summed E-state index contributed by atoms with van der Waals surface area (Å²) in [7, 11) is 0. The Labute approximate surface area is 134 Å². The van der Waals surface area contributed by atoms with Gasteiger partial charge in [0.2, 0.25) is 11.4 Å². The van der Waals surface area contributed by atoms with Crippen LogP contribution >= 0.6 is 0 Å². The molecule has 4 aromatic rings. The summed E-state index contributed by atoms with van der Waals surface area (Å²) >= 11 is 0. The minimum Gasteiger partial charge on any atom is -0.618 e. The van der Waals surface area contributed by atoms with Crippen molar-refractivity contribution in [2.45, 2.75) is 0 Å². The molecule has 4 rings (SSSR count). The number of benzene rings is 3. The van der Waals surface area contributed by atoms with Gasteiger partial charge in [0.25, 0.3) is 0 Å². The van der Waals surface area contributed by atoms with Gasteiger partial charge in [-0.3, -0.25) is 0 Å². The van der Waals surface area contributed by atoms with E-state index in [-0.39, 0.29) is 0 Å². The number of aromatic nitrogens is 1. The van der Waals surface area contributed by atoms with Crippen LogP contribution in [0.25, 0.3) is 33.3 Å². The lowest BCUT2D eigenvalue weighted by Crippen LogP contribution is -2.31. The zero-order valence-corrected chi connectivity index (χ0v) is 12.5. The van der Waals surface area contributed by atoms with Crippen molar-refractivity contribution < 1.29 is 4.73 Å². The molecule has 110 valence electrons. The summed E-state index contributed by atoms with van der Waals surface area (Å²) in [6.07, 6.45) is 0. The topological polar surface area (TPSA) is 26.9 Å². The van der Waals surface area contributed by atoms with Gasteiger partial charge in [-0.15, -0.1) is 0 Å². The van der Waals surface area contributed by atoms with E-state index in [0.717, 1.165) is 26.6 Å². The fourth-order valence-electron chi connectivity index (χ4n) is 2.97. The Kier molecular flexibility index (Phi) is 3.28. The van der Waals surface area contributed by atoms with E-state index >= 15 is 0 Å². The van der Waals surface area contributed by atoms with Crippen LogP contribution in [0.4, 0.5) is 0 Å². The Morgan fingerprint density at radius 1 is 0.565 bits per heavy atom. The van der Waals surface area contributed by atoms with Crippen LogP contribution in [0.5, 0.6) is 0 Å². The molecule has 0 saturated carbocycles. The molecule has 0 N–H and O–H groups in total. The first-order chi connectivity index (χ1) is 11.3. The molecular formula is C21H15NO. The summed E-state index contributed by atoms with van der Waals surface area (Å²) < 4.78 is 1.02. The maximum absolute atomic E-state index is 12.9. The highest BCUT2D eigenvalue weighted by atomic mass is 16.5. The lowest BCUT2D eigenvalue weighted by atomic mass is 10.0. The fourth-order valence-corrected chi connectivity index (χ4v) is 2.97. The Balaban J connectivity index is 1.96. The van der Waals surface area contributed by atoms with Gasteiger partial charge < -0.3 is 5.21 Å². The number of rotatable bonds is 2. The second-order valence-corrected chi connectivity index (χ2v) is 5.48. The highest BCUT2D eigenvalue weighted by Crippen LogP contribution is 2.27. The van der Waals surface area contributed by atoms with Crippen molar-refractivity contribution in [3.8, 4) is 22.5 Å². The van der Waals surface area contributed by atoms with E-state index in [0.29, 0.717) is 11.4 Å². The number of hydrogen-bond donors (Lipinski definition) is 0. The smallest absolute Gasteiger partial charge is 0.224 e. The highest BCUT2D eigenvalue weighted by Gasteiger charge is 2.16. The molecule has 0 unspecified atom stereocenters. The number of hydrogen-bond acceptors (Lipinski definition) is 1. The highest BCUT2D eigenvalue weighted by molar-refractivity contribution is 5.95. The van der Waals surface area contributed by atoms with Gasteiger partial charge >= 0.3 is 0 Å². The van der Waals surface area contributed by atoms with Crippen molar-refractivity contribution in [2.75, 3.05) is 0 Å². The lowest BCUT2D eigenvalue weighted by molar-refractivity contribution is -0.581. The molecule has 1 aromatic heterocycles. The molecule has 0 amide bonds. The van der Waals surface area contributed by atoms with Crippen molar-refractivity contribution in [1.29, 1.82) is 0 Å². The average Bonchev–Trinajstić information content (AvgIpc) is 2.62. The predicted octanol–water partition coefficient (Wildman–Crippen LogP) is 4.81. The minimum atomic E-state index is 0.663. The first-order valence-electron chi connectivity index (χ1n) is 7.61. The van der Waals surface area contributed by atoms with Crippen molar-refractivity contribution in [3.05, 3.63) is 96.2 Å². The zero-order chi connectivity index (χ0) is 15.6. The van der Waals surface area contributed by atoms with Crippen LogP contribution in [0.15, 0.2) is 91.0 Å². The normalized spacial score (nSPS) is 10.8. The lowest BCUT2D eigenvalue weighted by Gasteiger charge is -2.11. The van der Waals surface area contributed by atoms with E-state index in [2.05, 4.69) is 18.2 Å². The van der Waals surface area contributed by atoms with Crippen LogP contribution in [-0.4, -0.2) is 0 Å². The van der Waals surface area contributed by atoms with Crippen molar-refractivity contribution in [2.24, 2.45) is 0 Å². The molecular weight excluding hydrogens is 282 g/mol. The third-order valence-electron chi connectivity index (χ3n) is 4.08. The van der Waals surface area contributed by atoms with Crippen LogP contribution in [0.3, 0.4) is 0 Å². The van der Waals surface area contributed by atoms with Crippen LogP contribution in [0, 0.1) is 5.21 Å². The summed E-state index contributed by atoms with van der Waals surface area (Å²) in [4.78, 5) is 0. The van der Waals surface area contributed by atoms with Crippen molar-refractivity contribution in [1.82, 2.24) is 0 Å². The molecule has 0 saturated heterocycles. The third-order valence-corrected chi connectivity index (χ3v) is 4.08. The summed E-state index contributed by atoms with van der Waals surface area (Å²) in [5.74, 6) is 0. The SMILES string of the molecule is [O-][n+]1c(-c2ccccc2)cccc1-c1cccc2ccccc12. The Hall–Kier alpha value is -3.13. The fraction of sp³-hybridized carbons (Fsp3) is 0. The summed E-state index contributed by atoms with van der Waals surface area (Å²) in [6, 6.07) is 29.6. The van der Waals surface area contributed by atoms with Crippen LogP contribution in [0.1, 0.15) is 0 Å². The van der Waals surface area contributed by atoms with E-state index in [4.69, 9.17) is 0 Å². The van der Waals surface area contributed by atoms with E-state index in [1.807, 2.05) is 72.8 Å². The van der Waals surface area contributed by atoms with E-state index in [1.165, 1.54) is 0 Å². The first kappa shape index (κ1) is 13.5. The first-order valence-corrected chi connectivity index (χ1v) is 7.61. The summed E-state index contributed by atoms with van der Waals surface area (Å²) in [6.45, 7) is 0. The average molecular weight is 297 g/mol.